The zero-order valence-electron chi connectivity index (χ0n) is 25.3. The summed E-state index contributed by atoms with van der Waals surface area (Å²) in [5.41, 5.74) is 4.78. The lowest BCUT2D eigenvalue weighted by Gasteiger charge is -2.27. The van der Waals surface area contributed by atoms with Crippen molar-refractivity contribution < 1.29 is 38.8 Å². The van der Waals surface area contributed by atoms with E-state index in [-0.39, 0.29) is 6.61 Å². The number of carboxylic acids is 2. The second-order valence-electron chi connectivity index (χ2n) is 10.4. The first kappa shape index (κ1) is 34.6. The number of ether oxygens (including phenoxy) is 3. The molecule has 0 saturated carbocycles. The SMILES string of the molecule is CNc1ccc(OCCCCCN(C)C(=O)C(OCCCCCc2ccc(C)c(C)c2)C(OCC(=O)O)C(=O)O)cc1. The van der Waals surface area contributed by atoms with Crippen molar-refractivity contribution in [2.24, 2.45) is 0 Å². The molecule has 0 saturated heterocycles. The van der Waals surface area contributed by atoms with Crippen molar-refractivity contribution in [2.75, 3.05) is 45.8 Å². The molecule has 0 radical (unpaired) electrons. The highest BCUT2D eigenvalue weighted by Crippen LogP contribution is 2.17. The molecule has 2 aromatic rings. The Bertz CT molecular complexity index is 1120. The third-order valence-electron chi connectivity index (χ3n) is 7.05. The molecule has 0 heterocycles. The molecule has 3 N–H and O–H groups in total. The summed E-state index contributed by atoms with van der Waals surface area (Å²) in [6, 6.07) is 14.1. The van der Waals surface area contributed by atoms with Gasteiger partial charge in [0.2, 0.25) is 0 Å². The maximum Gasteiger partial charge on any atom is 0.336 e. The first-order valence-corrected chi connectivity index (χ1v) is 14.5. The van der Waals surface area contributed by atoms with Crippen LogP contribution in [0.25, 0.3) is 0 Å². The van der Waals surface area contributed by atoms with Crippen molar-refractivity contribution in [1.82, 2.24) is 4.90 Å². The number of carboxylic acid groups (broad SMARTS) is 2. The highest BCUT2D eigenvalue weighted by Gasteiger charge is 2.37. The van der Waals surface area contributed by atoms with E-state index in [0.717, 1.165) is 43.5 Å². The molecular formula is C32H46N2O8. The van der Waals surface area contributed by atoms with E-state index in [9.17, 15) is 19.5 Å². The lowest BCUT2D eigenvalue weighted by Crippen LogP contribution is -2.50. The van der Waals surface area contributed by atoms with Crippen molar-refractivity contribution >= 4 is 23.5 Å². The monoisotopic (exact) mass is 586 g/mol. The molecule has 232 valence electrons. The number of nitrogens with one attached hydrogen (secondary N) is 1. The largest absolute Gasteiger partial charge is 0.494 e. The van der Waals surface area contributed by atoms with Crippen LogP contribution in [0.2, 0.25) is 0 Å². The minimum absolute atomic E-state index is 0.157. The van der Waals surface area contributed by atoms with Gasteiger partial charge in [-0.3, -0.25) is 4.79 Å². The van der Waals surface area contributed by atoms with Gasteiger partial charge in [-0.25, -0.2) is 9.59 Å². The fraction of sp³-hybridized carbons (Fsp3) is 0.531. The Labute approximate surface area is 249 Å². The third kappa shape index (κ3) is 12.5. The third-order valence-corrected chi connectivity index (χ3v) is 7.05. The van der Waals surface area contributed by atoms with Gasteiger partial charge >= 0.3 is 11.9 Å². The standard InChI is InChI=1S/C32H46N2O8/c1-23-12-13-25(21-24(23)2)11-7-5-9-20-41-29(30(32(38)39)42-22-28(35)36)31(37)34(4)18-8-6-10-19-40-27-16-14-26(33-3)15-17-27/h12-17,21,29-30,33H,5-11,18-20,22H2,1-4H3,(H,35,36)(H,38,39). The molecule has 0 aliphatic heterocycles. The smallest absolute Gasteiger partial charge is 0.336 e. The second kappa shape index (κ2) is 18.7. The van der Waals surface area contributed by atoms with Gasteiger partial charge in [-0.1, -0.05) is 24.6 Å². The van der Waals surface area contributed by atoms with Crippen molar-refractivity contribution in [1.29, 1.82) is 0 Å². The van der Waals surface area contributed by atoms with Gasteiger partial charge < -0.3 is 34.6 Å². The van der Waals surface area contributed by atoms with Crippen LogP contribution >= 0.6 is 0 Å². The van der Waals surface area contributed by atoms with E-state index in [0.29, 0.717) is 26.0 Å². The summed E-state index contributed by atoms with van der Waals surface area (Å²) in [4.78, 5) is 37.6. The Morgan fingerprint density at radius 3 is 2.17 bits per heavy atom. The zero-order valence-corrected chi connectivity index (χ0v) is 25.3. The number of likely N-dealkylation sites (N-methyl/N-ethyl adjacent to an activating group) is 1. The molecule has 2 unspecified atom stereocenters. The average molecular weight is 587 g/mol. The van der Waals surface area contributed by atoms with Gasteiger partial charge in [-0.2, -0.15) is 0 Å². The van der Waals surface area contributed by atoms with Crippen molar-refractivity contribution in [3.05, 3.63) is 59.2 Å². The van der Waals surface area contributed by atoms with Gasteiger partial charge in [0.1, 0.15) is 12.4 Å². The van der Waals surface area contributed by atoms with Crippen LogP contribution in [0.3, 0.4) is 0 Å². The number of nitrogens with zero attached hydrogens (tertiary/aromatic N) is 1. The lowest BCUT2D eigenvalue weighted by molar-refractivity contribution is -0.175. The highest BCUT2D eigenvalue weighted by atomic mass is 16.6. The normalized spacial score (nSPS) is 12.4. The molecule has 2 rings (SSSR count). The fourth-order valence-corrected chi connectivity index (χ4v) is 4.38. The quantitative estimate of drug-likeness (QED) is 0.178. The Kier molecular flexibility index (Phi) is 15.4. The minimum atomic E-state index is -1.73. The second-order valence-corrected chi connectivity index (χ2v) is 10.4. The minimum Gasteiger partial charge on any atom is -0.494 e. The van der Waals surface area contributed by atoms with E-state index in [4.69, 9.17) is 19.3 Å². The van der Waals surface area contributed by atoms with E-state index >= 15 is 0 Å². The number of hydrogen-bond acceptors (Lipinski definition) is 7. The summed E-state index contributed by atoms with van der Waals surface area (Å²) in [5, 5.41) is 21.8. The van der Waals surface area contributed by atoms with Gasteiger partial charge in [-0.15, -0.1) is 0 Å². The Balaban J connectivity index is 1.82. The first-order chi connectivity index (χ1) is 20.1. The van der Waals surface area contributed by atoms with Gasteiger partial charge in [0, 0.05) is 32.9 Å². The maximum atomic E-state index is 13.2. The van der Waals surface area contributed by atoms with E-state index in [1.807, 2.05) is 31.3 Å². The molecule has 0 bridgehead atoms. The van der Waals surface area contributed by atoms with E-state index < -0.39 is 36.7 Å². The predicted molar refractivity (Wildman–Crippen MR) is 161 cm³/mol. The summed E-state index contributed by atoms with van der Waals surface area (Å²) < 4.78 is 16.6. The topological polar surface area (TPSA) is 135 Å². The number of rotatable bonds is 21. The summed E-state index contributed by atoms with van der Waals surface area (Å²) in [5.74, 6) is -2.54. The van der Waals surface area contributed by atoms with Crippen molar-refractivity contribution in [3.8, 4) is 5.75 Å². The van der Waals surface area contributed by atoms with Crippen LogP contribution in [-0.4, -0.2) is 85.6 Å². The van der Waals surface area contributed by atoms with E-state index in [1.165, 1.54) is 21.6 Å². The molecule has 0 aliphatic carbocycles. The zero-order chi connectivity index (χ0) is 30.9. The summed E-state index contributed by atoms with van der Waals surface area (Å²) >= 11 is 0. The highest BCUT2D eigenvalue weighted by molar-refractivity contribution is 5.88. The molecule has 2 aromatic carbocycles. The van der Waals surface area contributed by atoms with Crippen LogP contribution in [0.1, 0.15) is 55.2 Å². The van der Waals surface area contributed by atoms with Crippen molar-refractivity contribution in [2.45, 2.75) is 71.0 Å². The van der Waals surface area contributed by atoms with Crippen LogP contribution in [0.15, 0.2) is 42.5 Å². The number of aliphatic carboxylic acids is 2. The Morgan fingerprint density at radius 2 is 1.52 bits per heavy atom. The van der Waals surface area contributed by atoms with Crippen LogP contribution in [-0.2, 0) is 30.3 Å². The van der Waals surface area contributed by atoms with Crippen LogP contribution < -0.4 is 10.1 Å². The summed E-state index contributed by atoms with van der Waals surface area (Å²) in [6.07, 6.45) is 2.40. The number of carbonyl (C=O) groups is 3. The number of carbonyl (C=O) groups excluding carboxylic acids is 1. The molecule has 0 fully saturated rings. The lowest BCUT2D eigenvalue weighted by atomic mass is 10.0. The first-order valence-electron chi connectivity index (χ1n) is 14.5. The molecule has 10 heteroatoms. The predicted octanol–water partition coefficient (Wildman–Crippen LogP) is 4.71. The molecule has 0 spiro atoms. The number of benzene rings is 2. The average Bonchev–Trinajstić information content (AvgIpc) is 2.96. The summed E-state index contributed by atoms with van der Waals surface area (Å²) in [7, 11) is 3.43. The molecule has 10 nitrogen and oxygen atoms in total. The van der Waals surface area contributed by atoms with Crippen LogP contribution in [0, 0.1) is 13.8 Å². The molecule has 2 atom stereocenters. The van der Waals surface area contributed by atoms with E-state index in [2.05, 4.69) is 37.4 Å². The Hall–Kier alpha value is -3.63. The van der Waals surface area contributed by atoms with Crippen molar-refractivity contribution in [3.63, 3.8) is 0 Å². The molecule has 42 heavy (non-hydrogen) atoms. The maximum absolute atomic E-state index is 13.2. The molecule has 1 amide bonds. The van der Waals surface area contributed by atoms with Gasteiger partial charge in [0.15, 0.2) is 12.2 Å². The number of anilines is 1. The van der Waals surface area contributed by atoms with Gasteiger partial charge in [-0.05, 0) is 93.3 Å². The fourth-order valence-electron chi connectivity index (χ4n) is 4.38. The van der Waals surface area contributed by atoms with Crippen LogP contribution in [0.4, 0.5) is 5.69 Å². The number of aryl methyl sites for hydroxylation is 3. The molecule has 0 aromatic heterocycles. The molecular weight excluding hydrogens is 540 g/mol. The number of hydrogen-bond donors (Lipinski definition) is 3. The number of amides is 1. The van der Waals surface area contributed by atoms with Gasteiger partial charge in [0.25, 0.3) is 5.91 Å². The summed E-state index contributed by atoms with van der Waals surface area (Å²) in [6.45, 7) is 4.41. The number of unbranched alkanes of at least 4 members (excludes halogenated alkanes) is 4. The van der Waals surface area contributed by atoms with Gasteiger partial charge in [0.05, 0.1) is 6.61 Å². The Morgan fingerprint density at radius 1 is 0.833 bits per heavy atom. The van der Waals surface area contributed by atoms with Crippen LogP contribution in [0.5, 0.6) is 5.75 Å². The molecule has 0 aliphatic rings. The van der Waals surface area contributed by atoms with E-state index in [1.54, 1.807) is 7.05 Å².